The molecule has 0 bridgehead atoms. The highest BCUT2D eigenvalue weighted by Gasteiger charge is 2.47. The van der Waals surface area contributed by atoms with Crippen LogP contribution in [0.2, 0.25) is 0 Å². The number of benzene rings is 1. The van der Waals surface area contributed by atoms with E-state index in [1.54, 1.807) is 19.1 Å². The fraction of sp³-hybridized carbons (Fsp3) is 0.591. The van der Waals surface area contributed by atoms with Crippen molar-refractivity contribution in [3.8, 4) is 11.5 Å². The number of hydrogen-bond acceptors (Lipinski definition) is 6. The molecule has 2 aliphatic heterocycles. The molecule has 1 fully saturated rings. The molecule has 0 unspecified atom stereocenters. The predicted octanol–water partition coefficient (Wildman–Crippen LogP) is 1.24. The molecular weight excluding hydrogens is 400 g/mol. The number of hydrogen-bond donors (Lipinski definition) is 1. The summed E-state index contributed by atoms with van der Waals surface area (Å²) in [6.07, 6.45) is 2.07. The van der Waals surface area contributed by atoms with Gasteiger partial charge in [0.1, 0.15) is 6.04 Å². The number of carbonyl (C=O) groups is 3. The maximum atomic E-state index is 12.9. The van der Waals surface area contributed by atoms with Crippen LogP contribution in [0.15, 0.2) is 12.1 Å². The lowest BCUT2D eigenvalue weighted by Crippen LogP contribution is -2.40. The largest absolute Gasteiger partial charge is 0.493 e. The standard InChI is InChI=1S/C22H32N4O5/c1-24(2)9-6-8-23-20(27)7-5-10-25-21(28)17-11-15-12-18(30-3)19(31-4)13-16(15)14-26(17)22(25)29/h12-13,17H,5-11,14H2,1-4H3,(H,23,27)/t17-/m1/s1. The number of methoxy groups -OCH3 is 2. The molecule has 0 aromatic heterocycles. The van der Waals surface area contributed by atoms with Gasteiger partial charge in [-0.25, -0.2) is 4.79 Å². The van der Waals surface area contributed by atoms with E-state index in [9.17, 15) is 14.4 Å². The summed E-state index contributed by atoms with van der Waals surface area (Å²) in [7, 11) is 7.13. The monoisotopic (exact) mass is 432 g/mol. The van der Waals surface area contributed by atoms with Crippen LogP contribution in [-0.4, -0.2) is 86.5 Å². The van der Waals surface area contributed by atoms with Gasteiger partial charge >= 0.3 is 6.03 Å². The predicted molar refractivity (Wildman–Crippen MR) is 115 cm³/mol. The van der Waals surface area contributed by atoms with E-state index < -0.39 is 6.04 Å². The molecule has 2 heterocycles. The number of imide groups is 1. The Morgan fingerprint density at radius 3 is 2.45 bits per heavy atom. The number of nitrogens with one attached hydrogen (secondary N) is 1. The van der Waals surface area contributed by atoms with Crippen molar-refractivity contribution in [2.45, 2.75) is 38.3 Å². The Balaban J connectivity index is 1.55. The zero-order valence-corrected chi connectivity index (χ0v) is 18.8. The van der Waals surface area contributed by atoms with E-state index in [-0.39, 0.29) is 30.8 Å². The van der Waals surface area contributed by atoms with E-state index in [1.165, 1.54) is 4.90 Å². The molecule has 0 radical (unpaired) electrons. The van der Waals surface area contributed by atoms with Crippen molar-refractivity contribution in [3.63, 3.8) is 0 Å². The number of carbonyl (C=O) groups excluding carboxylic acids is 3. The topological polar surface area (TPSA) is 91.4 Å². The van der Waals surface area contributed by atoms with Gasteiger partial charge in [-0.1, -0.05) is 0 Å². The van der Waals surface area contributed by atoms with Gasteiger partial charge in [-0.15, -0.1) is 0 Å². The third-order valence-electron chi connectivity index (χ3n) is 5.75. The van der Waals surface area contributed by atoms with E-state index in [1.807, 2.05) is 26.2 Å². The van der Waals surface area contributed by atoms with Crippen LogP contribution in [0.25, 0.3) is 0 Å². The molecule has 0 spiro atoms. The number of fused-ring (bicyclic) bond motifs is 2. The summed E-state index contributed by atoms with van der Waals surface area (Å²) < 4.78 is 10.7. The summed E-state index contributed by atoms with van der Waals surface area (Å²) in [5.74, 6) is 0.963. The van der Waals surface area contributed by atoms with Crippen molar-refractivity contribution in [2.75, 3.05) is 47.9 Å². The first kappa shape index (κ1) is 22.9. The van der Waals surface area contributed by atoms with Gasteiger partial charge in [0.05, 0.1) is 14.2 Å². The van der Waals surface area contributed by atoms with Gasteiger partial charge in [0.25, 0.3) is 5.91 Å². The Morgan fingerprint density at radius 1 is 1.13 bits per heavy atom. The van der Waals surface area contributed by atoms with E-state index in [4.69, 9.17) is 9.47 Å². The van der Waals surface area contributed by atoms with Crippen LogP contribution in [0.3, 0.4) is 0 Å². The van der Waals surface area contributed by atoms with Gasteiger partial charge in [-0.3, -0.25) is 14.5 Å². The van der Waals surface area contributed by atoms with Gasteiger partial charge in [0.15, 0.2) is 11.5 Å². The summed E-state index contributed by atoms with van der Waals surface area (Å²) in [5.41, 5.74) is 1.94. The Labute approximate surface area is 183 Å². The highest BCUT2D eigenvalue weighted by Crippen LogP contribution is 2.37. The van der Waals surface area contributed by atoms with Crippen LogP contribution in [-0.2, 0) is 22.6 Å². The minimum absolute atomic E-state index is 0.0535. The third-order valence-corrected chi connectivity index (χ3v) is 5.75. The second-order valence-corrected chi connectivity index (χ2v) is 8.21. The maximum absolute atomic E-state index is 12.9. The Morgan fingerprint density at radius 2 is 1.81 bits per heavy atom. The number of rotatable bonds is 10. The SMILES string of the molecule is COc1cc2c(cc1OC)CN1C(=O)N(CCCC(=O)NCCCN(C)C)C(=O)[C@H]1C2. The highest BCUT2D eigenvalue weighted by atomic mass is 16.5. The lowest BCUT2D eigenvalue weighted by molar-refractivity contribution is -0.129. The van der Waals surface area contributed by atoms with Crippen LogP contribution in [0, 0.1) is 0 Å². The lowest BCUT2D eigenvalue weighted by atomic mass is 9.94. The molecule has 1 aromatic carbocycles. The minimum Gasteiger partial charge on any atom is -0.493 e. The minimum atomic E-state index is -0.502. The Bertz CT molecular complexity index is 790. The molecule has 1 saturated heterocycles. The zero-order valence-electron chi connectivity index (χ0n) is 18.8. The maximum Gasteiger partial charge on any atom is 0.327 e. The third kappa shape index (κ3) is 5.10. The molecule has 9 heteroatoms. The van der Waals surface area contributed by atoms with Crippen molar-refractivity contribution in [1.82, 2.24) is 20.0 Å². The van der Waals surface area contributed by atoms with Crippen molar-refractivity contribution in [2.24, 2.45) is 0 Å². The second-order valence-electron chi connectivity index (χ2n) is 8.21. The molecule has 3 rings (SSSR count). The molecule has 4 amide bonds. The number of ether oxygens (including phenoxy) is 2. The molecule has 1 atom stereocenters. The average Bonchev–Trinajstić information content (AvgIpc) is 2.98. The average molecular weight is 433 g/mol. The summed E-state index contributed by atoms with van der Waals surface area (Å²) in [4.78, 5) is 42.7. The van der Waals surface area contributed by atoms with E-state index in [2.05, 4.69) is 10.2 Å². The number of urea groups is 1. The van der Waals surface area contributed by atoms with Crippen molar-refractivity contribution in [3.05, 3.63) is 23.3 Å². The summed E-state index contributed by atoms with van der Waals surface area (Å²) in [6.45, 7) is 2.14. The normalized spacial score (nSPS) is 17.6. The first-order chi connectivity index (χ1) is 14.8. The molecule has 9 nitrogen and oxygen atoms in total. The first-order valence-electron chi connectivity index (χ1n) is 10.6. The van der Waals surface area contributed by atoms with Crippen LogP contribution >= 0.6 is 0 Å². The van der Waals surface area contributed by atoms with Gasteiger partial charge < -0.3 is 24.6 Å². The molecule has 0 saturated carbocycles. The molecule has 0 aliphatic carbocycles. The fourth-order valence-corrected chi connectivity index (χ4v) is 4.08. The van der Waals surface area contributed by atoms with E-state index in [0.29, 0.717) is 37.4 Å². The van der Waals surface area contributed by atoms with E-state index >= 15 is 0 Å². The quantitative estimate of drug-likeness (QED) is 0.442. The van der Waals surface area contributed by atoms with Gasteiger partial charge in [0.2, 0.25) is 5.91 Å². The molecule has 1 aromatic rings. The summed E-state index contributed by atoms with van der Waals surface area (Å²) in [5, 5.41) is 2.88. The van der Waals surface area contributed by atoms with Gasteiger partial charge in [-0.2, -0.15) is 0 Å². The second kappa shape index (κ2) is 10.00. The smallest absolute Gasteiger partial charge is 0.327 e. The highest BCUT2D eigenvalue weighted by molar-refractivity contribution is 6.04. The molecule has 170 valence electrons. The Hall–Kier alpha value is -2.81. The molecular formula is C22H32N4O5. The first-order valence-corrected chi connectivity index (χ1v) is 10.6. The summed E-state index contributed by atoms with van der Waals surface area (Å²) >= 11 is 0. The van der Waals surface area contributed by atoms with Crippen LogP contribution in [0.5, 0.6) is 11.5 Å². The molecule has 2 aliphatic rings. The van der Waals surface area contributed by atoms with Gasteiger partial charge in [-0.05, 0) is 56.7 Å². The summed E-state index contributed by atoms with van der Waals surface area (Å²) in [6, 6.07) is 2.96. The van der Waals surface area contributed by atoms with E-state index in [0.717, 1.165) is 24.1 Å². The van der Waals surface area contributed by atoms with Gasteiger partial charge in [0, 0.05) is 32.5 Å². The number of amides is 4. The van der Waals surface area contributed by atoms with Crippen molar-refractivity contribution < 1.29 is 23.9 Å². The molecule has 31 heavy (non-hydrogen) atoms. The van der Waals surface area contributed by atoms with Crippen molar-refractivity contribution in [1.29, 1.82) is 0 Å². The zero-order chi connectivity index (χ0) is 22.5. The van der Waals surface area contributed by atoms with Crippen LogP contribution in [0.1, 0.15) is 30.4 Å². The fourth-order valence-electron chi connectivity index (χ4n) is 4.08. The molecule has 1 N–H and O–H groups in total. The Kier molecular flexibility index (Phi) is 7.37. The number of nitrogens with zero attached hydrogens (tertiary/aromatic N) is 3. The van der Waals surface area contributed by atoms with Crippen molar-refractivity contribution >= 4 is 17.8 Å². The lowest BCUT2D eigenvalue weighted by Gasteiger charge is -2.29. The van der Waals surface area contributed by atoms with Crippen LogP contribution in [0.4, 0.5) is 4.79 Å². The van der Waals surface area contributed by atoms with Crippen LogP contribution < -0.4 is 14.8 Å².